The average Bonchev–Trinajstić information content (AvgIpc) is 3.34. The number of carbonyl (C=O) groups excluding carboxylic acids is 2. The van der Waals surface area contributed by atoms with Crippen molar-refractivity contribution >= 4 is 27.5 Å². The third kappa shape index (κ3) is 7.57. The number of para-hydroxylation sites is 1. The lowest BCUT2D eigenvalue weighted by atomic mass is 10.0. The predicted octanol–water partition coefficient (Wildman–Crippen LogP) is 4.75. The molecule has 3 rings (SSSR count). The monoisotopic (exact) mass is 527 g/mol. The lowest BCUT2D eigenvalue weighted by molar-refractivity contribution is -0.140. The van der Waals surface area contributed by atoms with Crippen molar-refractivity contribution in [2.75, 3.05) is 17.1 Å². The molecule has 0 aromatic heterocycles. The number of hydrogen-bond donors (Lipinski definition) is 1. The largest absolute Gasteiger partial charge is 0.352 e. The molecule has 0 heterocycles. The van der Waals surface area contributed by atoms with Crippen LogP contribution in [0.4, 0.5) is 5.69 Å². The van der Waals surface area contributed by atoms with Crippen LogP contribution in [0.3, 0.4) is 0 Å². The minimum absolute atomic E-state index is 0.0690. The smallest absolute Gasteiger partial charge is 0.244 e. The van der Waals surface area contributed by atoms with Crippen LogP contribution in [0.1, 0.15) is 75.5 Å². The first kappa shape index (κ1) is 28.7. The fourth-order valence-electron chi connectivity index (χ4n) is 5.09. The van der Waals surface area contributed by atoms with Crippen LogP contribution in [0.5, 0.6) is 0 Å². The highest BCUT2D eigenvalue weighted by Crippen LogP contribution is 2.29. The molecule has 1 fully saturated rings. The number of sulfonamides is 1. The first-order valence-corrected chi connectivity index (χ1v) is 15.1. The van der Waals surface area contributed by atoms with Crippen molar-refractivity contribution in [3.8, 4) is 0 Å². The van der Waals surface area contributed by atoms with Crippen LogP contribution in [-0.2, 0) is 26.2 Å². The van der Waals surface area contributed by atoms with Crippen molar-refractivity contribution in [2.45, 2.75) is 84.3 Å². The van der Waals surface area contributed by atoms with Crippen LogP contribution >= 0.6 is 0 Å². The van der Waals surface area contributed by atoms with E-state index in [9.17, 15) is 18.0 Å². The van der Waals surface area contributed by atoms with Gasteiger partial charge in [0.2, 0.25) is 21.8 Å². The standard InChI is InChI=1S/C29H41N3O4S/c1-6-26(29(34)30-24-14-7-8-15-24)31(19-23-13-11-12-22(4)18-23)28(33)20-32(37(5,35)36)27-17-10-9-16-25(27)21(2)3/h9-13,16-18,21,24,26H,6-8,14-15,19-20H2,1-5H3,(H,30,34)/t26-/m0/s1. The fourth-order valence-corrected chi connectivity index (χ4v) is 5.96. The van der Waals surface area contributed by atoms with E-state index in [1.54, 1.807) is 17.0 Å². The molecule has 1 saturated carbocycles. The number of amides is 2. The molecule has 202 valence electrons. The first-order chi connectivity index (χ1) is 17.5. The van der Waals surface area contributed by atoms with Crippen molar-refractivity contribution in [1.82, 2.24) is 10.2 Å². The third-order valence-corrected chi connectivity index (χ3v) is 8.16. The summed E-state index contributed by atoms with van der Waals surface area (Å²) < 4.78 is 27.1. The van der Waals surface area contributed by atoms with Gasteiger partial charge in [-0.15, -0.1) is 0 Å². The molecular weight excluding hydrogens is 486 g/mol. The fraction of sp³-hybridized carbons (Fsp3) is 0.517. The molecule has 1 aliphatic carbocycles. The Morgan fingerprint density at radius 1 is 1.05 bits per heavy atom. The van der Waals surface area contributed by atoms with Crippen LogP contribution in [-0.4, -0.2) is 50.0 Å². The molecule has 8 heteroatoms. The predicted molar refractivity (Wildman–Crippen MR) is 149 cm³/mol. The molecule has 0 spiro atoms. The van der Waals surface area contributed by atoms with Crippen molar-refractivity contribution < 1.29 is 18.0 Å². The highest BCUT2D eigenvalue weighted by molar-refractivity contribution is 7.92. The number of hydrogen-bond acceptors (Lipinski definition) is 4. The molecule has 2 amide bonds. The van der Waals surface area contributed by atoms with E-state index in [1.165, 1.54) is 4.31 Å². The van der Waals surface area contributed by atoms with Gasteiger partial charge in [0, 0.05) is 12.6 Å². The van der Waals surface area contributed by atoms with E-state index in [2.05, 4.69) is 5.32 Å². The number of nitrogens with zero attached hydrogens (tertiary/aromatic N) is 2. The summed E-state index contributed by atoms with van der Waals surface area (Å²) in [6.45, 7) is 7.70. The Balaban J connectivity index is 1.97. The second-order valence-electron chi connectivity index (χ2n) is 10.4. The van der Waals surface area contributed by atoms with E-state index < -0.39 is 22.0 Å². The molecule has 2 aromatic rings. The summed E-state index contributed by atoms with van der Waals surface area (Å²) in [6, 6.07) is 14.5. The number of aryl methyl sites for hydroxylation is 1. The van der Waals surface area contributed by atoms with Crippen LogP contribution in [0.25, 0.3) is 0 Å². The second kappa shape index (κ2) is 12.6. The topological polar surface area (TPSA) is 86.8 Å². The molecule has 0 unspecified atom stereocenters. The van der Waals surface area contributed by atoms with Crippen LogP contribution in [0.15, 0.2) is 48.5 Å². The van der Waals surface area contributed by atoms with E-state index in [1.807, 2.05) is 64.1 Å². The summed E-state index contributed by atoms with van der Waals surface area (Å²) in [7, 11) is -3.77. The molecule has 1 aliphatic rings. The molecule has 7 nitrogen and oxygen atoms in total. The summed E-state index contributed by atoms with van der Waals surface area (Å²) in [6.07, 6.45) is 5.62. The number of nitrogens with one attached hydrogen (secondary N) is 1. The molecule has 0 saturated heterocycles. The maximum Gasteiger partial charge on any atom is 0.244 e. The van der Waals surface area contributed by atoms with Gasteiger partial charge in [-0.05, 0) is 49.3 Å². The molecule has 0 bridgehead atoms. The first-order valence-electron chi connectivity index (χ1n) is 13.2. The van der Waals surface area contributed by atoms with E-state index in [-0.39, 0.29) is 31.0 Å². The minimum atomic E-state index is -3.77. The molecule has 37 heavy (non-hydrogen) atoms. The second-order valence-corrected chi connectivity index (χ2v) is 12.3. The van der Waals surface area contributed by atoms with E-state index >= 15 is 0 Å². The zero-order valence-corrected chi connectivity index (χ0v) is 23.6. The lowest BCUT2D eigenvalue weighted by Gasteiger charge is -2.34. The van der Waals surface area contributed by atoms with Gasteiger partial charge < -0.3 is 10.2 Å². The molecule has 1 atom stereocenters. The van der Waals surface area contributed by atoms with Crippen molar-refractivity contribution in [3.63, 3.8) is 0 Å². The summed E-state index contributed by atoms with van der Waals surface area (Å²) in [5.41, 5.74) is 3.29. The minimum Gasteiger partial charge on any atom is -0.352 e. The van der Waals surface area contributed by atoms with Gasteiger partial charge in [-0.3, -0.25) is 13.9 Å². The highest BCUT2D eigenvalue weighted by atomic mass is 32.2. The van der Waals surface area contributed by atoms with Gasteiger partial charge in [0.05, 0.1) is 11.9 Å². The van der Waals surface area contributed by atoms with Crippen molar-refractivity contribution in [2.24, 2.45) is 0 Å². The van der Waals surface area contributed by atoms with Crippen molar-refractivity contribution in [3.05, 3.63) is 65.2 Å². The summed E-state index contributed by atoms with van der Waals surface area (Å²) in [5.74, 6) is -0.512. The normalized spacial score (nSPS) is 15.0. The number of anilines is 1. The lowest BCUT2D eigenvalue weighted by Crippen LogP contribution is -2.53. The van der Waals surface area contributed by atoms with Crippen LogP contribution in [0.2, 0.25) is 0 Å². The zero-order valence-electron chi connectivity index (χ0n) is 22.7. The Hall–Kier alpha value is -2.87. The van der Waals surface area contributed by atoms with E-state index in [4.69, 9.17) is 0 Å². The van der Waals surface area contributed by atoms with Gasteiger partial charge in [0.15, 0.2) is 0 Å². The molecule has 1 N–H and O–H groups in total. The quantitative estimate of drug-likeness (QED) is 0.457. The van der Waals surface area contributed by atoms with Gasteiger partial charge in [-0.1, -0.05) is 81.6 Å². The Morgan fingerprint density at radius 3 is 2.32 bits per heavy atom. The Bertz CT molecular complexity index is 1190. The third-order valence-electron chi connectivity index (χ3n) is 7.03. The van der Waals surface area contributed by atoms with E-state index in [0.717, 1.165) is 48.6 Å². The van der Waals surface area contributed by atoms with Gasteiger partial charge in [0.25, 0.3) is 0 Å². The Kier molecular flexibility index (Phi) is 9.76. The number of benzene rings is 2. The number of rotatable bonds is 11. The van der Waals surface area contributed by atoms with Crippen LogP contribution in [0, 0.1) is 6.92 Å². The Morgan fingerprint density at radius 2 is 1.73 bits per heavy atom. The van der Waals surface area contributed by atoms with Gasteiger partial charge in [-0.25, -0.2) is 8.42 Å². The summed E-state index contributed by atoms with van der Waals surface area (Å²) in [4.78, 5) is 28.9. The molecule has 0 aliphatic heterocycles. The molecule has 2 aromatic carbocycles. The summed E-state index contributed by atoms with van der Waals surface area (Å²) in [5, 5.41) is 3.14. The SMILES string of the molecule is CC[C@@H](C(=O)NC1CCCC1)N(Cc1cccc(C)c1)C(=O)CN(c1ccccc1C(C)C)S(C)(=O)=O. The van der Waals surface area contributed by atoms with Crippen LogP contribution < -0.4 is 9.62 Å². The highest BCUT2D eigenvalue weighted by Gasteiger charge is 2.33. The summed E-state index contributed by atoms with van der Waals surface area (Å²) >= 11 is 0. The van der Waals surface area contributed by atoms with E-state index in [0.29, 0.717) is 12.1 Å². The maximum atomic E-state index is 13.9. The maximum absolute atomic E-state index is 13.9. The number of carbonyl (C=O) groups is 2. The van der Waals surface area contributed by atoms with Gasteiger partial charge in [0.1, 0.15) is 12.6 Å². The van der Waals surface area contributed by atoms with Gasteiger partial charge in [-0.2, -0.15) is 0 Å². The Labute approximate surface area is 222 Å². The molecule has 0 radical (unpaired) electrons. The van der Waals surface area contributed by atoms with Gasteiger partial charge >= 0.3 is 0 Å². The zero-order chi connectivity index (χ0) is 27.2. The molecular formula is C29H41N3O4S. The average molecular weight is 528 g/mol. The van der Waals surface area contributed by atoms with Crippen molar-refractivity contribution in [1.29, 1.82) is 0 Å².